The number of rotatable bonds is 4. The molecule has 1 amide bonds. The second kappa shape index (κ2) is 6.91. The Morgan fingerprint density at radius 3 is 2.71 bits per heavy atom. The first-order valence-corrected chi connectivity index (χ1v) is 7.34. The molecule has 0 atom stereocenters. The van der Waals surface area contributed by atoms with Crippen molar-refractivity contribution in [2.24, 2.45) is 0 Å². The zero-order chi connectivity index (χ0) is 16.9. The first-order chi connectivity index (χ1) is 11.7. The van der Waals surface area contributed by atoms with E-state index < -0.39 is 0 Å². The number of benzene rings is 2. The zero-order valence-electron chi connectivity index (χ0n) is 13.0. The summed E-state index contributed by atoms with van der Waals surface area (Å²) in [5, 5.41) is 3.61. The molecule has 0 spiro atoms. The van der Waals surface area contributed by atoms with Crippen LogP contribution in [0.25, 0.3) is 17.0 Å². The van der Waals surface area contributed by atoms with Crippen LogP contribution in [0.15, 0.2) is 60.8 Å². The molecule has 0 radical (unpaired) electrons. The van der Waals surface area contributed by atoms with Gasteiger partial charge < -0.3 is 10.1 Å². The van der Waals surface area contributed by atoms with Gasteiger partial charge in [-0.1, -0.05) is 12.1 Å². The molecule has 0 saturated heterocycles. The van der Waals surface area contributed by atoms with Crippen molar-refractivity contribution in [2.45, 2.75) is 0 Å². The Kier molecular flexibility index (Phi) is 4.52. The third-order valence-corrected chi connectivity index (χ3v) is 3.51. The fraction of sp³-hybridized carbons (Fsp3) is 0.0526. The van der Waals surface area contributed by atoms with E-state index in [1.165, 1.54) is 18.2 Å². The van der Waals surface area contributed by atoms with Gasteiger partial charge in [-0.25, -0.2) is 4.39 Å². The number of carbonyl (C=O) groups excluding carboxylic acids is 1. The molecule has 5 heteroatoms. The molecule has 3 aromatic rings. The van der Waals surface area contributed by atoms with Crippen LogP contribution in [0.1, 0.15) is 5.56 Å². The molecule has 0 unspecified atom stereocenters. The topological polar surface area (TPSA) is 51.2 Å². The van der Waals surface area contributed by atoms with E-state index in [0.29, 0.717) is 17.0 Å². The monoisotopic (exact) mass is 322 g/mol. The van der Waals surface area contributed by atoms with Crippen LogP contribution < -0.4 is 10.1 Å². The van der Waals surface area contributed by atoms with Gasteiger partial charge in [0.1, 0.15) is 17.1 Å². The van der Waals surface area contributed by atoms with E-state index in [-0.39, 0.29) is 11.7 Å². The van der Waals surface area contributed by atoms with Crippen LogP contribution in [-0.4, -0.2) is 18.0 Å². The number of hydrogen-bond donors (Lipinski definition) is 1. The number of fused-ring (bicyclic) bond motifs is 1. The highest BCUT2D eigenvalue weighted by atomic mass is 19.1. The van der Waals surface area contributed by atoms with Crippen LogP contribution in [0.5, 0.6) is 5.75 Å². The molecule has 120 valence electrons. The number of anilines is 1. The second-order valence-corrected chi connectivity index (χ2v) is 5.09. The lowest BCUT2D eigenvalue weighted by Crippen LogP contribution is -2.08. The summed E-state index contributed by atoms with van der Waals surface area (Å²) in [5.41, 5.74) is 2.07. The Morgan fingerprint density at radius 1 is 1.17 bits per heavy atom. The van der Waals surface area contributed by atoms with E-state index in [2.05, 4.69) is 10.3 Å². The summed E-state index contributed by atoms with van der Waals surface area (Å²) in [6, 6.07) is 13.1. The van der Waals surface area contributed by atoms with Crippen LogP contribution >= 0.6 is 0 Å². The van der Waals surface area contributed by atoms with Gasteiger partial charge in [-0.3, -0.25) is 9.78 Å². The Hall–Kier alpha value is -3.21. The van der Waals surface area contributed by atoms with Gasteiger partial charge in [-0.05, 0) is 48.0 Å². The molecule has 0 aliphatic heterocycles. The number of nitrogens with one attached hydrogen (secondary N) is 1. The van der Waals surface area contributed by atoms with E-state index in [4.69, 9.17) is 4.74 Å². The number of pyridine rings is 1. The molecule has 4 nitrogen and oxygen atoms in total. The highest BCUT2D eigenvalue weighted by molar-refractivity contribution is 6.07. The van der Waals surface area contributed by atoms with Crippen LogP contribution in [0, 0.1) is 5.82 Å². The maximum Gasteiger partial charge on any atom is 0.248 e. The average Bonchev–Trinajstić information content (AvgIpc) is 2.61. The molecule has 1 aromatic heterocycles. The number of methoxy groups -OCH3 is 1. The fourth-order valence-corrected chi connectivity index (χ4v) is 2.34. The quantitative estimate of drug-likeness (QED) is 0.738. The van der Waals surface area contributed by atoms with E-state index in [1.54, 1.807) is 49.7 Å². The van der Waals surface area contributed by atoms with Gasteiger partial charge in [0, 0.05) is 17.7 Å². The number of ether oxygens (including phenoxy) is 1. The lowest BCUT2D eigenvalue weighted by Gasteiger charge is -2.09. The van der Waals surface area contributed by atoms with Crippen molar-refractivity contribution in [2.75, 3.05) is 12.4 Å². The van der Waals surface area contributed by atoms with E-state index in [0.717, 1.165) is 10.9 Å². The highest BCUT2D eigenvalue weighted by Crippen LogP contribution is 2.29. The van der Waals surface area contributed by atoms with Crippen molar-refractivity contribution in [3.63, 3.8) is 0 Å². The third kappa shape index (κ3) is 3.41. The van der Waals surface area contributed by atoms with Crippen molar-refractivity contribution in [1.29, 1.82) is 0 Å². The molecule has 0 aliphatic carbocycles. The Labute approximate surface area is 138 Å². The number of amides is 1. The van der Waals surface area contributed by atoms with Crippen LogP contribution in [-0.2, 0) is 4.79 Å². The lowest BCUT2D eigenvalue weighted by atomic mass is 10.1. The molecule has 0 saturated carbocycles. The summed E-state index contributed by atoms with van der Waals surface area (Å²) in [7, 11) is 1.58. The molecule has 24 heavy (non-hydrogen) atoms. The highest BCUT2D eigenvalue weighted by Gasteiger charge is 2.08. The van der Waals surface area contributed by atoms with Gasteiger partial charge in [-0.15, -0.1) is 0 Å². The van der Waals surface area contributed by atoms with Gasteiger partial charge in [0.2, 0.25) is 5.91 Å². The van der Waals surface area contributed by atoms with Gasteiger partial charge in [0.15, 0.2) is 0 Å². The van der Waals surface area contributed by atoms with Crippen LogP contribution in [0.2, 0.25) is 0 Å². The van der Waals surface area contributed by atoms with Gasteiger partial charge >= 0.3 is 0 Å². The smallest absolute Gasteiger partial charge is 0.248 e. The van der Waals surface area contributed by atoms with Gasteiger partial charge in [0.05, 0.1) is 12.8 Å². The number of halogens is 1. The SMILES string of the molecule is COc1ccc(NC(=O)/C=C/c2ccc(F)cc2)c2cccnc12. The first-order valence-electron chi connectivity index (χ1n) is 7.34. The summed E-state index contributed by atoms with van der Waals surface area (Å²) < 4.78 is 18.1. The first kappa shape index (κ1) is 15.7. The molecule has 0 aliphatic rings. The summed E-state index contributed by atoms with van der Waals surface area (Å²) >= 11 is 0. The number of nitrogens with zero attached hydrogens (tertiary/aromatic N) is 1. The molecule has 2 aromatic carbocycles. The molecular weight excluding hydrogens is 307 g/mol. The predicted molar refractivity (Wildman–Crippen MR) is 92.4 cm³/mol. The minimum Gasteiger partial charge on any atom is -0.494 e. The Balaban J connectivity index is 1.82. The van der Waals surface area contributed by atoms with Crippen molar-refractivity contribution in [3.8, 4) is 5.75 Å². The largest absolute Gasteiger partial charge is 0.494 e. The minimum absolute atomic E-state index is 0.283. The summed E-state index contributed by atoms with van der Waals surface area (Å²) in [6.07, 6.45) is 4.70. The average molecular weight is 322 g/mol. The van der Waals surface area contributed by atoms with Crippen LogP contribution in [0.4, 0.5) is 10.1 Å². The van der Waals surface area contributed by atoms with E-state index in [1.807, 2.05) is 6.07 Å². The molecule has 0 fully saturated rings. The lowest BCUT2D eigenvalue weighted by molar-refractivity contribution is -0.111. The number of carbonyl (C=O) groups is 1. The summed E-state index contributed by atoms with van der Waals surface area (Å²) in [4.78, 5) is 16.4. The standard InChI is InChI=1S/C19H15FN2O2/c1-24-17-10-9-16(15-3-2-12-21-19(15)17)22-18(23)11-6-13-4-7-14(20)8-5-13/h2-12H,1H3,(H,22,23)/b11-6+. The van der Waals surface area contributed by atoms with Gasteiger partial charge in [-0.2, -0.15) is 0 Å². The number of hydrogen-bond acceptors (Lipinski definition) is 3. The maximum atomic E-state index is 12.9. The van der Waals surface area contributed by atoms with E-state index >= 15 is 0 Å². The number of aromatic nitrogens is 1. The van der Waals surface area contributed by atoms with Crippen molar-refractivity contribution >= 4 is 28.6 Å². The third-order valence-electron chi connectivity index (χ3n) is 3.51. The van der Waals surface area contributed by atoms with Gasteiger partial charge in [0.25, 0.3) is 0 Å². The van der Waals surface area contributed by atoms with Crippen molar-refractivity contribution in [3.05, 3.63) is 72.2 Å². The predicted octanol–water partition coefficient (Wildman–Crippen LogP) is 4.03. The minimum atomic E-state index is -0.311. The second-order valence-electron chi connectivity index (χ2n) is 5.09. The normalized spacial score (nSPS) is 10.9. The molecule has 1 heterocycles. The summed E-state index contributed by atoms with van der Waals surface area (Å²) in [5.74, 6) is 0.0499. The zero-order valence-corrected chi connectivity index (χ0v) is 13.0. The molecule has 3 rings (SSSR count). The van der Waals surface area contributed by atoms with Crippen molar-refractivity contribution < 1.29 is 13.9 Å². The maximum absolute atomic E-state index is 12.9. The van der Waals surface area contributed by atoms with Crippen molar-refractivity contribution in [1.82, 2.24) is 4.98 Å². The summed E-state index contributed by atoms with van der Waals surface area (Å²) in [6.45, 7) is 0. The Morgan fingerprint density at radius 2 is 1.96 bits per heavy atom. The molecule has 1 N–H and O–H groups in total. The molecular formula is C19H15FN2O2. The van der Waals surface area contributed by atoms with Crippen LogP contribution in [0.3, 0.4) is 0 Å². The van der Waals surface area contributed by atoms with E-state index in [9.17, 15) is 9.18 Å². The Bertz CT molecular complexity index is 905. The molecule has 0 bridgehead atoms. The fourth-order valence-electron chi connectivity index (χ4n) is 2.34.